The van der Waals surface area contributed by atoms with Gasteiger partial charge in [-0.05, 0) is 25.7 Å². The first-order valence-corrected chi connectivity index (χ1v) is 6.42. The highest BCUT2D eigenvalue weighted by molar-refractivity contribution is 5.93. The van der Waals surface area contributed by atoms with Crippen LogP contribution in [0.15, 0.2) is 0 Å². The number of hydrogen-bond donors (Lipinski definition) is 1. The van der Waals surface area contributed by atoms with Crippen molar-refractivity contribution in [1.82, 2.24) is 15.1 Å². The molecule has 2 aliphatic rings. The van der Waals surface area contributed by atoms with Gasteiger partial charge >= 0.3 is 0 Å². The molecular formula is C13H19N3O2. The molecule has 0 spiro atoms. The lowest BCUT2D eigenvalue weighted by atomic mass is 10.3. The molecule has 2 fully saturated rings. The first kappa shape index (κ1) is 12.9. The summed E-state index contributed by atoms with van der Waals surface area (Å²) in [6.45, 7) is 4.91. The van der Waals surface area contributed by atoms with Crippen LogP contribution >= 0.6 is 0 Å². The largest absolute Gasteiger partial charge is 0.352 e. The Kier molecular flexibility index (Phi) is 4.21. The number of carbonyl (C=O) groups is 2. The van der Waals surface area contributed by atoms with E-state index in [2.05, 4.69) is 22.1 Å². The molecule has 0 atom stereocenters. The molecule has 1 N–H and O–H groups in total. The topological polar surface area (TPSA) is 52.7 Å². The number of nitrogens with one attached hydrogen (secondary N) is 1. The Morgan fingerprint density at radius 2 is 1.89 bits per heavy atom. The fraction of sp³-hybridized carbons (Fsp3) is 0.692. The maximum atomic E-state index is 11.6. The Balaban J connectivity index is 1.70. The summed E-state index contributed by atoms with van der Waals surface area (Å²) in [7, 11) is 0. The second kappa shape index (κ2) is 5.87. The van der Waals surface area contributed by atoms with Gasteiger partial charge in [0, 0.05) is 32.2 Å². The Morgan fingerprint density at radius 3 is 2.44 bits per heavy atom. The monoisotopic (exact) mass is 249 g/mol. The molecule has 98 valence electrons. The molecule has 0 aromatic heterocycles. The van der Waals surface area contributed by atoms with Crippen LogP contribution in [0, 0.1) is 11.8 Å². The van der Waals surface area contributed by atoms with Gasteiger partial charge < -0.3 is 10.2 Å². The molecule has 0 radical (unpaired) electrons. The first-order chi connectivity index (χ1) is 8.69. The van der Waals surface area contributed by atoms with E-state index < -0.39 is 0 Å². The van der Waals surface area contributed by atoms with Gasteiger partial charge in [0.2, 0.25) is 5.91 Å². The number of nitrogens with zero attached hydrogens (tertiary/aromatic N) is 2. The van der Waals surface area contributed by atoms with E-state index in [1.54, 1.807) is 11.8 Å². The zero-order valence-electron chi connectivity index (χ0n) is 10.7. The third-order valence-corrected chi connectivity index (χ3v) is 3.20. The van der Waals surface area contributed by atoms with Crippen LogP contribution in [-0.4, -0.2) is 60.4 Å². The minimum Gasteiger partial charge on any atom is -0.352 e. The molecule has 1 saturated carbocycles. The summed E-state index contributed by atoms with van der Waals surface area (Å²) >= 11 is 0. The Labute approximate surface area is 107 Å². The van der Waals surface area contributed by atoms with Crippen molar-refractivity contribution in [2.75, 3.05) is 32.7 Å². The minimum atomic E-state index is -0.111. The summed E-state index contributed by atoms with van der Waals surface area (Å²) in [6, 6.07) is 0.417. The quantitative estimate of drug-likeness (QED) is 0.682. The minimum absolute atomic E-state index is 0.102. The Hall–Kier alpha value is -1.54. The van der Waals surface area contributed by atoms with Crippen LogP contribution in [0.25, 0.3) is 0 Å². The van der Waals surface area contributed by atoms with Crippen LogP contribution in [0.2, 0.25) is 0 Å². The van der Waals surface area contributed by atoms with E-state index in [0.717, 1.165) is 25.9 Å². The van der Waals surface area contributed by atoms with Crippen molar-refractivity contribution in [1.29, 1.82) is 0 Å². The van der Waals surface area contributed by atoms with Crippen LogP contribution in [0.3, 0.4) is 0 Å². The molecule has 1 aliphatic heterocycles. The third kappa shape index (κ3) is 3.74. The highest BCUT2D eigenvalue weighted by Gasteiger charge is 2.25. The van der Waals surface area contributed by atoms with Crippen molar-refractivity contribution in [2.45, 2.75) is 25.8 Å². The average Bonchev–Trinajstić information content (AvgIpc) is 3.14. The lowest BCUT2D eigenvalue weighted by Gasteiger charge is -2.33. The number of amides is 2. The smallest absolute Gasteiger partial charge is 0.298 e. The molecule has 5 heteroatoms. The lowest BCUT2D eigenvalue weighted by Crippen LogP contribution is -2.51. The van der Waals surface area contributed by atoms with Crippen molar-refractivity contribution in [3.63, 3.8) is 0 Å². The molecule has 0 bridgehead atoms. The fourth-order valence-electron chi connectivity index (χ4n) is 2.00. The van der Waals surface area contributed by atoms with Gasteiger partial charge in [0.05, 0.1) is 6.54 Å². The highest BCUT2D eigenvalue weighted by Crippen LogP contribution is 2.18. The first-order valence-electron chi connectivity index (χ1n) is 6.42. The van der Waals surface area contributed by atoms with Gasteiger partial charge in [0.15, 0.2) is 0 Å². The van der Waals surface area contributed by atoms with Gasteiger partial charge in [0.1, 0.15) is 0 Å². The number of carbonyl (C=O) groups excluding carboxylic acids is 2. The fourth-order valence-corrected chi connectivity index (χ4v) is 2.00. The maximum absolute atomic E-state index is 11.6. The van der Waals surface area contributed by atoms with E-state index in [0.29, 0.717) is 25.7 Å². The van der Waals surface area contributed by atoms with Gasteiger partial charge in [-0.15, -0.1) is 0 Å². The highest BCUT2D eigenvalue weighted by atomic mass is 16.2. The van der Waals surface area contributed by atoms with E-state index >= 15 is 0 Å². The molecular weight excluding hydrogens is 230 g/mol. The Morgan fingerprint density at radius 1 is 1.22 bits per heavy atom. The molecule has 2 amide bonds. The van der Waals surface area contributed by atoms with Gasteiger partial charge in [-0.3, -0.25) is 14.5 Å². The average molecular weight is 249 g/mol. The zero-order chi connectivity index (χ0) is 13.0. The molecule has 1 aliphatic carbocycles. The summed E-state index contributed by atoms with van der Waals surface area (Å²) in [5.74, 6) is 5.15. The second-order valence-electron chi connectivity index (χ2n) is 4.79. The van der Waals surface area contributed by atoms with Crippen molar-refractivity contribution >= 4 is 11.8 Å². The zero-order valence-corrected chi connectivity index (χ0v) is 10.7. The maximum Gasteiger partial charge on any atom is 0.298 e. The summed E-state index contributed by atoms with van der Waals surface area (Å²) in [4.78, 5) is 27.0. The summed E-state index contributed by atoms with van der Waals surface area (Å²) in [5, 5.41) is 2.97. The van der Waals surface area contributed by atoms with Crippen LogP contribution in [0.4, 0.5) is 0 Å². The summed E-state index contributed by atoms with van der Waals surface area (Å²) < 4.78 is 0. The third-order valence-electron chi connectivity index (χ3n) is 3.20. The molecule has 0 aromatic rings. The van der Waals surface area contributed by atoms with Crippen LogP contribution in [0.5, 0.6) is 0 Å². The van der Waals surface area contributed by atoms with Gasteiger partial charge in [-0.25, -0.2) is 0 Å². The predicted molar refractivity (Wildman–Crippen MR) is 67.6 cm³/mol. The van der Waals surface area contributed by atoms with Crippen LogP contribution in [0.1, 0.15) is 19.8 Å². The standard InChI is InChI=1S/C13H19N3O2/c1-2-3-13(18)16-8-6-15(7-9-16)10-12(17)14-11-4-5-11/h11H,4-10H2,1H3,(H,14,17). The van der Waals surface area contributed by atoms with E-state index in [1.165, 1.54) is 0 Å². The molecule has 5 nitrogen and oxygen atoms in total. The SMILES string of the molecule is CC#CC(=O)N1CCN(CC(=O)NC2CC2)CC1. The predicted octanol–water partition coefficient (Wildman–Crippen LogP) is -0.567. The summed E-state index contributed by atoms with van der Waals surface area (Å²) in [6.07, 6.45) is 2.23. The van der Waals surface area contributed by atoms with E-state index in [1.807, 2.05) is 0 Å². The van der Waals surface area contributed by atoms with Crippen molar-refractivity contribution in [3.05, 3.63) is 0 Å². The lowest BCUT2D eigenvalue weighted by molar-refractivity contribution is -0.127. The number of hydrogen-bond acceptors (Lipinski definition) is 3. The van der Waals surface area contributed by atoms with Crippen molar-refractivity contribution in [2.24, 2.45) is 0 Å². The van der Waals surface area contributed by atoms with Gasteiger partial charge in [-0.2, -0.15) is 0 Å². The van der Waals surface area contributed by atoms with Crippen molar-refractivity contribution < 1.29 is 9.59 Å². The number of rotatable bonds is 3. The van der Waals surface area contributed by atoms with E-state index in [-0.39, 0.29) is 11.8 Å². The molecule has 0 unspecified atom stereocenters. The Bertz CT molecular complexity index is 385. The van der Waals surface area contributed by atoms with E-state index in [4.69, 9.17) is 0 Å². The van der Waals surface area contributed by atoms with Crippen LogP contribution < -0.4 is 5.32 Å². The molecule has 2 rings (SSSR count). The van der Waals surface area contributed by atoms with E-state index in [9.17, 15) is 9.59 Å². The molecule has 1 saturated heterocycles. The van der Waals surface area contributed by atoms with Gasteiger partial charge in [-0.1, -0.05) is 5.92 Å². The second-order valence-corrected chi connectivity index (χ2v) is 4.79. The number of piperazine rings is 1. The molecule has 1 heterocycles. The molecule has 18 heavy (non-hydrogen) atoms. The van der Waals surface area contributed by atoms with Crippen LogP contribution in [-0.2, 0) is 9.59 Å². The van der Waals surface area contributed by atoms with Crippen molar-refractivity contribution in [3.8, 4) is 11.8 Å². The molecule has 0 aromatic carbocycles. The summed E-state index contributed by atoms with van der Waals surface area (Å²) in [5.41, 5.74) is 0. The normalized spacial score (nSPS) is 19.9. The van der Waals surface area contributed by atoms with Gasteiger partial charge in [0.25, 0.3) is 5.91 Å².